The maximum absolute atomic E-state index is 2.84. The highest BCUT2D eigenvalue weighted by Crippen LogP contribution is 2.65. The zero-order valence-electron chi connectivity index (χ0n) is 47.0. The number of benzene rings is 8. The van der Waals surface area contributed by atoms with E-state index in [2.05, 4.69) is 281 Å². The van der Waals surface area contributed by atoms with Crippen molar-refractivity contribution in [3.63, 3.8) is 0 Å². The van der Waals surface area contributed by atoms with E-state index < -0.39 is 0 Å². The summed E-state index contributed by atoms with van der Waals surface area (Å²) >= 11 is 0. The Morgan fingerprint density at radius 1 is 0.400 bits per heavy atom. The molecule has 3 aliphatic heterocycles. The molecule has 0 N–H and O–H groups in total. The summed E-state index contributed by atoms with van der Waals surface area (Å²) in [6.45, 7) is 30.8. The molecule has 0 bridgehead atoms. The molecule has 4 aliphatic rings. The molecule has 8 aromatic rings. The van der Waals surface area contributed by atoms with E-state index in [1.807, 2.05) is 0 Å². The van der Waals surface area contributed by atoms with Crippen LogP contribution in [0.5, 0.6) is 0 Å². The van der Waals surface area contributed by atoms with E-state index >= 15 is 0 Å². The Kier molecular flexibility index (Phi) is 11.2. The van der Waals surface area contributed by atoms with Crippen LogP contribution in [0.25, 0.3) is 11.1 Å². The van der Waals surface area contributed by atoms with E-state index in [0.717, 1.165) is 12.8 Å². The molecule has 12 rings (SSSR count). The summed E-state index contributed by atoms with van der Waals surface area (Å²) in [4.78, 5) is 8.13. The third-order valence-corrected chi connectivity index (χ3v) is 18.0. The number of hydrogen-bond donors (Lipinski definition) is 0. The SMILES string of the molecule is CC(C)(C)c1ccc(N2c3ccc(C(C)(C)C)cc3B3c4ccccc4N(c4ccc(C(C)(C)C)cc4-c4ccccc4)c4cc(N5c6ccc(C(C)(C)C)cc6C6(c7ccccc7)CCCCC56C)cc2c43)cc1. The number of anilines is 8. The van der Waals surface area contributed by atoms with Crippen LogP contribution in [0.15, 0.2) is 176 Å². The Bertz CT molecular complexity index is 3510. The third kappa shape index (κ3) is 7.66. The molecule has 0 amide bonds. The minimum absolute atomic E-state index is 0.00736. The number of nitrogens with zero attached hydrogens (tertiary/aromatic N) is 3. The molecular weight excluding hydrogens is 906 g/mol. The van der Waals surface area contributed by atoms with Gasteiger partial charge in [0.05, 0.1) is 11.2 Å². The monoisotopic (exact) mass is 982 g/mol. The highest BCUT2D eigenvalue weighted by molar-refractivity contribution is 7.00. The molecule has 0 aromatic heterocycles. The quantitative estimate of drug-likeness (QED) is 0.159. The standard InChI is InChI=1S/C71H76BN3/c1-66(2,3)48-30-35-53(36-31-48)73-62-39-34-52(69(10,11)12)44-58(62)72-57-28-20-21-29-61(57)74(59-37-32-50(67(4,5)6)42-55(59)47-24-16-14-17-25-47)64-46-54(45-63(73)65(64)72)75-60-38-33-51(68(7,8)9)43-56(60)71(49-26-18-15-19-27-49)41-23-22-40-70(71,75)13/h14-21,24-39,42-46H,22-23,40-41H2,1-13H3. The molecule has 0 spiro atoms. The molecule has 0 saturated heterocycles. The van der Waals surface area contributed by atoms with Crippen LogP contribution in [0.1, 0.15) is 149 Å². The Hall–Kier alpha value is -6.78. The zero-order valence-corrected chi connectivity index (χ0v) is 47.0. The van der Waals surface area contributed by atoms with Crippen molar-refractivity contribution < 1.29 is 0 Å². The van der Waals surface area contributed by atoms with Gasteiger partial charge in [0.2, 0.25) is 0 Å². The van der Waals surface area contributed by atoms with Crippen molar-refractivity contribution in [2.45, 2.75) is 148 Å². The lowest BCUT2D eigenvalue weighted by molar-refractivity contribution is 0.215. The van der Waals surface area contributed by atoms with Gasteiger partial charge in [-0.15, -0.1) is 0 Å². The maximum atomic E-state index is 2.84. The second-order valence-corrected chi connectivity index (χ2v) is 26.8. The molecule has 4 heteroatoms. The van der Waals surface area contributed by atoms with Crippen LogP contribution in [0.4, 0.5) is 45.5 Å². The molecule has 378 valence electrons. The average Bonchev–Trinajstić information content (AvgIpc) is 3.73. The summed E-state index contributed by atoms with van der Waals surface area (Å²) in [5.41, 5.74) is 24.1. The second kappa shape index (κ2) is 17.1. The number of hydrogen-bond acceptors (Lipinski definition) is 3. The number of fused-ring (bicyclic) bond motifs is 7. The smallest absolute Gasteiger partial charge is 0.252 e. The third-order valence-electron chi connectivity index (χ3n) is 18.0. The van der Waals surface area contributed by atoms with Crippen molar-refractivity contribution in [2.75, 3.05) is 14.7 Å². The van der Waals surface area contributed by atoms with Gasteiger partial charge in [-0.2, -0.15) is 0 Å². The molecule has 1 saturated carbocycles. The van der Waals surface area contributed by atoms with E-state index in [4.69, 9.17) is 0 Å². The molecule has 2 atom stereocenters. The molecule has 0 radical (unpaired) electrons. The van der Waals surface area contributed by atoms with E-state index in [1.165, 1.54) is 119 Å². The van der Waals surface area contributed by atoms with Crippen molar-refractivity contribution in [1.29, 1.82) is 0 Å². The molecule has 1 aliphatic carbocycles. The summed E-state index contributed by atoms with van der Waals surface area (Å²) < 4.78 is 0. The Balaban J connectivity index is 1.22. The van der Waals surface area contributed by atoms with Crippen molar-refractivity contribution in [3.05, 3.63) is 209 Å². The van der Waals surface area contributed by atoms with Gasteiger partial charge < -0.3 is 14.7 Å². The van der Waals surface area contributed by atoms with Crippen LogP contribution in [-0.4, -0.2) is 12.3 Å². The van der Waals surface area contributed by atoms with Gasteiger partial charge in [0.25, 0.3) is 6.71 Å². The predicted octanol–water partition coefficient (Wildman–Crippen LogP) is 17.4. The fraction of sp³-hybridized carbons (Fsp3) is 0.324. The molecule has 75 heavy (non-hydrogen) atoms. The Morgan fingerprint density at radius 2 is 0.907 bits per heavy atom. The minimum atomic E-state index is -0.278. The van der Waals surface area contributed by atoms with Crippen LogP contribution < -0.4 is 31.1 Å². The summed E-state index contributed by atoms with van der Waals surface area (Å²) in [7, 11) is 0. The first-order chi connectivity index (χ1) is 35.6. The lowest BCUT2D eigenvalue weighted by Gasteiger charge is -2.53. The molecule has 3 heterocycles. The predicted molar refractivity (Wildman–Crippen MR) is 323 cm³/mol. The normalized spacial score (nSPS) is 19.1. The van der Waals surface area contributed by atoms with E-state index in [9.17, 15) is 0 Å². The highest BCUT2D eigenvalue weighted by atomic mass is 15.3. The van der Waals surface area contributed by atoms with Crippen LogP contribution >= 0.6 is 0 Å². The number of para-hydroxylation sites is 1. The minimum Gasteiger partial charge on any atom is -0.334 e. The van der Waals surface area contributed by atoms with E-state index in [-0.39, 0.29) is 39.3 Å². The highest BCUT2D eigenvalue weighted by Gasteiger charge is 2.61. The first kappa shape index (κ1) is 49.1. The average molecular weight is 982 g/mol. The van der Waals surface area contributed by atoms with Crippen molar-refractivity contribution in [3.8, 4) is 11.1 Å². The van der Waals surface area contributed by atoms with Crippen molar-refractivity contribution in [2.24, 2.45) is 0 Å². The Morgan fingerprint density at radius 3 is 1.55 bits per heavy atom. The first-order valence-electron chi connectivity index (χ1n) is 27.9. The second-order valence-electron chi connectivity index (χ2n) is 26.8. The van der Waals surface area contributed by atoms with Crippen LogP contribution in [0.2, 0.25) is 0 Å². The molecule has 2 unspecified atom stereocenters. The fourth-order valence-corrected chi connectivity index (χ4v) is 13.9. The molecular formula is C71H76BN3. The van der Waals surface area contributed by atoms with Gasteiger partial charge in [-0.05, 0) is 151 Å². The van der Waals surface area contributed by atoms with Gasteiger partial charge in [0, 0.05) is 50.8 Å². The molecule has 1 fully saturated rings. The molecule has 8 aromatic carbocycles. The van der Waals surface area contributed by atoms with Crippen molar-refractivity contribution in [1.82, 2.24) is 0 Å². The Labute approximate surface area is 449 Å². The molecule has 3 nitrogen and oxygen atoms in total. The fourth-order valence-electron chi connectivity index (χ4n) is 13.9. The van der Waals surface area contributed by atoms with Crippen LogP contribution in [0.3, 0.4) is 0 Å². The van der Waals surface area contributed by atoms with Crippen LogP contribution in [0, 0.1) is 0 Å². The maximum Gasteiger partial charge on any atom is 0.252 e. The van der Waals surface area contributed by atoms with Gasteiger partial charge in [-0.1, -0.05) is 217 Å². The van der Waals surface area contributed by atoms with Gasteiger partial charge >= 0.3 is 0 Å². The lowest BCUT2D eigenvalue weighted by atomic mass is 9.33. The summed E-state index contributed by atoms with van der Waals surface area (Å²) in [5, 5.41) is 0. The van der Waals surface area contributed by atoms with E-state index in [0.29, 0.717) is 0 Å². The summed E-state index contributed by atoms with van der Waals surface area (Å²) in [6, 6.07) is 69.0. The van der Waals surface area contributed by atoms with E-state index in [1.54, 1.807) is 0 Å². The van der Waals surface area contributed by atoms with Crippen molar-refractivity contribution >= 4 is 68.6 Å². The van der Waals surface area contributed by atoms with Gasteiger partial charge in [-0.25, -0.2) is 0 Å². The number of rotatable bonds is 5. The van der Waals surface area contributed by atoms with Gasteiger partial charge in [0.15, 0.2) is 0 Å². The topological polar surface area (TPSA) is 9.72 Å². The zero-order chi connectivity index (χ0) is 52.6. The van der Waals surface area contributed by atoms with Crippen LogP contribution in [-0.2, 0) is 27.1 Å². The lowest BCUT2D eigenvalue weighted by Crippen LogP contribution is -2.61. The largest absolute Gasteiger partial charge is 0.334 e. The van der Waals surface area contributed by atoms with Gasteiger partial charge in [-0.3, -0.25) is 0 Å². The van der Waals surface area contributed by atoms with Gasteiger partial charge in [0.1, 0.15) is 0 Å². The summed E-state index contributed by atoms with van der Waals surface area (Å²) in [5.74, 6) is 0. The summed E-state index contributed by atoms with van der Waals surface area (Å²) in [6.07, 6.45) is 4.54. The first-order valence-corrected chi connectivity index (χ1v) is 27.9.